The Morgan fingerprint density at radius 3 is 1.91 bits per heavy atom. The lowest BCUT2D eigenvalue weighted by Crippen LogP contribution is -2.63. The third-order valence-electron chi connectivity index (χ3n) is 11.5. The molecule has 1 unspecified atom stereocenters. The van der Waals surface area contributed by atoms with Crippen molar-refractivity contribution in [3.63, 3.8) is 0 Å². The Morgan fingerprint density at radius 2 is 1.40 bits per heavy atom. The average Bonchev–Trinajstić information content (AvgIpc) is 3.27. The quantitative estimate of drug-likeness (QED) is 0.0989. The molecule has 1 heterocycles. The maximum atomic E-state index is 14.9. The minimum Gasteiger partial charge on any atom is -0.458 e. The summed E-state index contributed by atoms with van der Waals surface area (Å²) in [6.07, 6.45) is -7.68. The third kappa shape index (κ3) is 15.3. The zero-order valence-corrected chi connectivity index (χ0v) is 41.3. The van der Waals surface area contributed by atoms with Crippen LogP contribution in [0.3, 0.4) is 0 Å². The van der Waals surface area contributed by atoms with Crippen molar-refractivity contribution < 1.29 is 72.0 Å². The molecule has 0 spiro atoms. The lowest BCUT2D eigenvalue weighted by Gasteiger charge is -2.38. The standard InChI is InChI=1S/C46H69N7O15/c1-22(2)37(56)34(49-30(11)55)45(63)68-38(23(3)4)35-43(61)53(14)36(28(9)65-15)46(64)66-27(8)33(48-29(10)54)44(62)67-32(21-31-19-17-16-18-20-31)42(60)52(13)25(6)39(57)47-24(5)41(59)51(12)26(7)40(58)50-35/h16-20,22-24,26-28,32-38,56H,6,21H2,1-5,7-15H3,(H,47,57)(H,48,54)(H,49,55)(H,50,58)/t24-,26-,27+,28+,32+,33?,34-,35-,36-,37+,38+/m0/s1. The highest BCUT2D eigenvalue weighted by molar-refractivity contribution is 6.01. The van der Waals surface area contributed by atoms with Gasteiger partial charge in [0.1, 0.15) is 36.0 Å². The zero-order chi connectivity index (χ0) is 52.1. The highest BCUT2D eigenvalue weighted by Gasteiger charge is 2.46. The minimum atomic E-state index is -1.86. The smallest absolute Gasteiger partial charge is 0.333 e. The Balaban J connectivity index is 2.89. The van der Waals surface area contributed by atoms with E-state index in [-0.39, 0.29) is 6.42 Å². The number of carbonyl (C=O) groups excluding carboxylic acids is 10. The van der Waals surface area contributed by atoms with Gasteiger partial charge in [-0.05, 0) is 45.1 Å². The summed E-state index contributed by atoms with van der Waals surface area (Å²) in [7, 11) is 4.83. The van der Waals surface area contributed by atoms with E-state index in [1.807, 2.05) is 0 Å². The first kappa shape index (κ1) is 57.7. The summed E-state index contributed by atoms with van der Waals surface area (Å²) in [4.78, 5) is 140. The molecule has 22 heteroatoms. The Kier molecular flexibility index (Phi) is 21.8. The molecular formula is C46H69N7O15. The lowest BCUT2D eigenvalue weighted by atomic mass is 9.95. The molecule has 1 aromatic rings. The lowest BCUT2D eigenvalue weighted by molar-refractivity contribution is -0.174. The van der Waals surface area contributed by atoms with Gasteiger partial charge in [0.15, 0.2) is 24.2 Å². The van der Waals surface area contributed by atoms with E-state index in [9.17, 15) is 53.1 Å². The van der Waals surface area contributed by atoms with Gasteiger partial charge < -0.3 is 60.0 Å². The topological polar surface area (TPSA) is 286 Å². The van der Waals surface area contributed by atoms with Gasteiger partial charge in [-0.1, -0.05) is 64.6 Å². The van der Waals surface area contributed by atoms with Gasteiger partial charge in [0, 0.05) is 48.5 Å². The molecule has 11 atom stereocenters. The fourth-order valence-electron chi connectivity index (χ4n) is 7.04. The molecule has 2 rings (SSSR count). The van der Waals surface area contributed by atoms with Crippen LogP contribution in [0.1, 0.15) is 74.8 Å². The van der Waals surface area contributed by atoms with Crippen LogP contribution >= 0.6 is 0 Å². The number of aliphatic hydroxyl groups excluding tert-OH is 1. The van der Waals surface area contributed by atoms with Crippen molar-refractivity contribution in [3.05, 3.63) is 48.2 Å². The monoisotopic (exact) mass is 959 g/mol. The average molecular weight is 960 g/mol. The number of nitrogens with one attached hydrogen (secondary N) is 4. The Labute approximate surface area is 397 Å². The summed E-state index contributed by atoms with van der Waals surface area (Å²) in [6.45, 7) is 17.5. The molecule has 22 nitrogen and oxygen atoms in total. The van der Waals surface area contributed by atoms with Crippen LogP contribution in [-0.2, 0) is 73.3 Å². The molecule has 1 aromatic carbocycles. The molecular weight excluding hydrogens is 891 g/mol. The fourth-order valence-corrected chi connectivity index (χ4v) is 7.04. The van der Waals surface area contributed by atoms with Gasteiger partial charge in [0.05, 0.1) is 12.2 Å². The highest BCUT2D eigenvalue weighted by atomic mass is 16.6. The molecule has 7 amide bonds. The van der Waals surface area contributed by atoms with Crippen LogP contribution in [0.2, 0.25) is 0 Å². The molecule has 0 aliphatic carbocycles. The second-order valence-corrected chi connectivity index (χ2v) is 17.5. The molecule has 0 bridgehead atoms. The van der Waals surface area contributed by atoms with E-state index < -0.39 is 144 Å². The number of hydrogen-bond acceptors (Lipinski definition) is 15. The van der Waals surface area contributed by atoms with Gasteiger partial charge >= 0.3 is 17.9 Å². The molecule has 1 aliphatic rings. The van der Waals surface area contributed by atoms with Crippen LogP contribution < -0.4 is 21.3 Å². The number of methoxy groups -OCH3 is 1. The van der Waals surface area contributed by atoms with E-state index in [2.05, 4.69) is 27.8 Å². The van der Waals surface area contributed by atoms with Crippen LogP contribution in [0.25, 0.3) is 0 Å². The normalized spacial score (nSPS) is 25.2. The Bertz CT molecular complexity index is 2030. The number of benzene rings is 1. The number of hydrogen-bond donors (Lipinski definition) is 5. The molecule has 1 aliphatic heterocycles. The molecule has 378 valence electrons. The Hall–Kier alpha value is -6.42. The zero-order valence-electron chi connectivity index (χ0n) is 41.3. The first-order chi connectivity index (χ1) is 31.6. The molecule has 1 fully saturated rings. The number of aliphatic hydroxyl groups is 1. The second kappa shape index (κ2) is 25.6. The van der Waals surface area contributed by atoms with Crippen molar-refractivity contribution >= 4 is 59.3 Å². The first-order valence-corrected chi connectivity index (χ1v) is 22.1. The van der Waals surface area contributed by atoms with E-state index in [1.54, 1.807) is 58.0 Å². The number of likely N-dealkylation sites (N-methyl/N-ethyl adjacent to an activating group) is 3. The van der Waals surface area contributed by atoms with E-state index >= 15 is 0 Å². The number of rotatable bonds is 12. The van der Waals surface area contributed by atoms with Crippen LogP contribution in [0, 0.1) is 11.8 Å². The van der Waals surface area contributed by atoms with Gasteiger partial charge in [0.25, 0.3) is 11.8 Å². The summed E-state index contributed by atoms with van der Waals surface area (Å²) < 4.78 is 22.9. The van der Waals surface area contributed by atoms with Crippen molar-refractivity contribution in [1.29, 1.82) is 0 Å². The SMILES string of the molecule is C=C1C(=O)N[C@@H](C)C(=O)N(C)[C@@H](C)C(=O)N[C@@H]([C@H](OC(=O)[C@@H](NC(C)=O)[C@H](O)C(C)C)C(C)C)C(=O)N(C)[C@@H]([C@@H](C)OC)C(=O)O[C@H](C)C(NC(C)=O)C(=O)O[C@H](Cc2ccccc2)C(=O)N1C. The summed E-state index contributed by atoms with van der Waals surface area (Å²) in [6, 6.07) is -1.31. The van der Waals surface area contributed by atoms with Crippen LogP contribution in [-0.4, -0.2) is 174 Å². The van der Waals surface area contributed by atoms with Crippen molar-refractivity contribution in [2.75, 3.05) is 28.3 Å². The van der Waals surface area contributed by atoms with Gasteiger partial charge in [-0.25, -0.2) is 14.4 Å². The van der Waals surface area contributed by atoms with Crippen molar-refractivity contribution in [3.8, 4) is 0 Å². The molecule has 0 radical (unpaired) electrons. The predicted octanol–water partition coefficient (Wildman–Crippen LogP) is -0.649. The van der Waals surface area contributed by atoms with Gasteiger partial charge in [-0.2, -0.15) is 0 Å². The van der Waals surface area contributed by atoms with Crippen LogP contribution in [0.4, 0.5) is 0 Å². The number of esters is 3. The number of ether oxygens (including phenoxy) is 4. The summed E-state index contributed by atoms with van der Waals surface area (Å²) >= 11 is 0. The molecule has 0 saturated carbocycles. The summed E-state index contributed by atoms with van der Waals surface area (Å²) in [5.41, 5.74) is 0.0526. The van der Waals surface area contributed by atoms with Crippen molar-refractivity contribution in [1.82, 2.24) is 36.0 Å². The van der Waals surface area contributed by atoms with Crippen LogP contribution in [0.15, 0.2) is 42.6 Å². The number of carbonyl (C=O) groups is 10. The minimum absolute atomic E-state index is 0.231. The summed E-state index contributed by atoms with van der Waals surface area (Å²) in [5.74, 6) is -11.2. The maximum absolute atomic E-state index is 14.9. The van der Waals surface area contributed by atoms with Gasteiger partial charge in [-0.3, -0.25) is 33.6 Å². The van der Waals surface area contributed by atoms with E-state index in [0.29, 0.717) is 5.56 Å². The maximum Gasteiger partial charge on any atom is 0.333 e. The van der Waals surface area contributed by atoms with Crippen molar-refractivity contribution in [2.45, 2.75) is 142 Å². The van der Waals surface area contributed by atoms with Gasteiger partial charge in [0.2, 0.25) is 29.5 Å². The highest BCUT2D eigenvalue weighted by Crippen LogP contribution is 2.22. The van der Waals surface area contributed by atoms with E-state index in [0.717, 1.165) is 28.5 Å². The fraction of sp³-hybridized carbons (Fsp3) is 0.609. The molecule has 0 aromatic heterocycles. The predicted molar refractivity (Wildman–Crippen MR) is 243 cm³/mol. The first-order valence-electron chi connectivity index (χ1n) is 22.1. The third-order valence-corrected chi connectivity index (χ3v) is 11.5. The second-order valence-electron chi connectivity index (χ2n) is 17.5. The number of amides is 7. The van der Waals surface area contributed by atoms with Crippen molar-refractivity contribution in [2.24, 2.45) is 11.8 Å². The largest absolute Gasteiger partial charge is 0.458 e. The number of cyclic esters (lactones) is 2. The Morgan fingerprint density at radius 1 is 0.809 bits per heavy atom. The number of nitrogens with zero attached hydrogens (tertiary/aromatic N) is 3. The molecule has 5 N–H and O–H groups in total. The summed E-state index contributed by atoms with van der Waals surface area (Å²) in [5, 5.41) is 20.7. The molecule has 68 heavy (non-hydrogen) atoms. The van der Waals surface area contributed by atoms with E-state index in [4.69, 9.17) is 18.9 Å². The van der Waals surface area contributed by atoms with Gasteiger partial charge in [-0.15, -0.1) is 0 Å². The van der Waals surface area contributed by atoms with Crippen LogP contribution in [0.5, 0.6) is 0 Å². The molecule has 1 saturated heterocycles. The van der Waals surface area contributed by atoms with E-state index in [1.165, 1.54) is 55.9 Å².